The molecule has 3 rings (SSSR count). The van der Waals surface area contributed by atoms with Crippen LogP contribution in [-0.4, -0.2) is 29.3 Å². The lowest BCUT2D eigenvalue weighted by Gasteiger charge is -2.38. The molecule has 2 aromatic rings. The Hall–Kier alpha value is -1.84. The molecule has 22 heavy (non-hydrogen) atoms. The molecule has 0 fully saturated rings. The highest BCUT2D eigenvalue weighted by Crippen LogP contribution is 2.38. The van der Waals surface area contributed by atoms with Crippen LogP contribution in [0.15, 0.2) is 48.5 Å². The molecule has 3 heteroatoms. The van der Waals surface area contributed by atoms with Gasteiger partial charge in [-0.2, -0.15) is 0 Å². The van der Waals surface area contributed by atoms with E-state index in [1.807, 2.05) is 12.1 Å². The molecule has 0 spiro atoms. The van der Waals surface area contributed by atoms with E-state index >= 15 is 0 Å². The summed E-state index contributed by atoms with van der Waals surface area (Å²) in [5.41, 5.74) is 3.49. The van der Waals surface area contributed by atoms with Crippen LogP contribution in [0.4, 0.5) is 0 Å². The van der Waals surface area contributed by atoms with E-state index in [4.69, 9.17) is 4.74 Å². The van der Waals surface area contributed by atoms with Gasteiger partial charge in [0.2, 0.25) is 0 Å². The third kappa shape index (κ3) is 2.87. The number of para-hydroxylation sites is 1. The summed E-state index contributed by atoms with van der Waals surface area (Å²) in [7, 11) is 0. The van der Waals surface area contributed by atoms with Gasteiger partial charge in [0.25, 0.3) is 0 Å². The highest BCUT2D eigenvalue weighted by molar-refractivity contribution is 5.44. The van der Waals surface area contributed by atoms with Crippen molar-refractivity contribution in [1.82, 2.24) is 4.90 Å². The summed E-state index contributed by atoms with van der Waals surface area (Å²) in [6.45, 7) is 6.26. The van der Waals surface area contributed by atoms with Gasteiger partial charge in [-0.15, -0.1) is 0 Å². The van der Waals surface area contributed by atoms with Gasteiger partial charge in [0, 0.05) is 12.1 Å². The zero-order valence-corrected chi connectivity index (χ0v) is 13.2. The Balaban J connectivity index is 1.93. The van der Waals surface area contributed by atoms with E-state index in [0.29, 0.717) is 6.61 Å². The largest absolute Gasteiger partial charge is 0.490 e. The van der Waals surface area contributed by atoms with Crippen molar-refractivity contribution in [3.63, 3.8) is 0 Å². The van der Waals surface area contributed by atoms with Gasteiger partial charge in [0.05, 0.1) is 6.04 Å². The number of aliphatic hydroxyl groups is 1. The molecule has 116 valence electrons. The molecular formula is C19H23NO2. The van der Waals surface area contributed by atoms with Crippen LogP contribution in [0.2, 0.25) is 0 Å². The predicted octanol–water partition coefficient (Wildman–Crippen LogP) is 3.31. The second-order valence-corrected chi connectivity index (χ2v) is 5.87. The molecular weight excluding hydrogens is 274 g/mol. The Morgan fingerprint density at radius 2 is 1.91 bits per heavy atom. The third-order valence-corrected chi connectivity index (χ3v) is 4.35. The maximum absolute atomic E-state index is 10.5. The molecule has 0 aliphatic carbocycles. The lowest BCUT2D eigenvalue weighted by molar-refractivity contribution is -0.00178. The van der Waals surface area contributed by atoms with E-state index in [1.54, 1.807) is 0 Å². The SMILES string of the molecule is CCN(Cc1ccccc1)C1c2cccc(C)c2OCC1O. The Bertz CT molecular complexity index is 627. The van der Waals surface area contributed by atoms with Crippen molar-refractivity contribution in [2.24, 2.45) is 0 Å². The zero-order valence-electron chi connectivity index (χ0n) is 13.2. The second kappa shape index (κ2) is 6.51. The number of fused-ring (bicyclic) bond motifs is 1. The summed E-state index contributed by atoms with van der Waals surface area (Å²) in [6.07, 6.45) is -0.502. The quantitative estimate of drug-likeness (QED) is 0.940. The lowest BCUT2D eigenvalue weighted by Crippen LogP contribution is -2.42. The molecule has 0 radical (unpaired) electrons. The van der Waals surface area contributed by atoms with E-state index in [1.165, 1.54) is 5.56 Å². The molecule has 2 aromatic carbocycles. The van der Waals surface area contributed by atoms with Crippen molar-refractivity contribution in [2.45, 2.75) is 32.5 Å². The van der Waals surface area contributed by atoms with Gasteiger partial charge in [-0.1, -0.05) is 55.5 Å². The Kier molecular flexibility index (Phi) is 4.46. The van der Waals surface area contributed by atoms with Crippen LogP contribution >= 0.6 is 0 Å². The van der Waals surface area contributed by atoms with Crippen molar-refractivity contribution in [1.29, 1.82) is 0 Å². The number of ether oxygens (including phenoxy) is 1. The van der Waals surface area contributed by atoms with Crippen LogP contribution in [-0.2, 0) is 6.54 Å². The topological polar surface area (TPSA) is 32.7 Å². The van der Waals surface area contributed by atoms with Crippen molar-refractivity contribution < 1.29 is 9.84 Å². The van der Waals surface area contributed by atoms with Gasteiger partial charge in [-0.3, -0.25) is 4.90 Å². The number of rotatable bonds is 4. The van der Waals surface area contributed by atoms with Crippen molar-refractivity contribution in [3.05, 3.63) is 65.2 Å². The average molecular weight is 297 g/mol. The van der Waals surface area contributed by atoms with Gasteiger partial charge in [-0.05, 0) is 24.6 Å². The van der Waals surface area contributed by atoms with Crippen LogP contribution in [0.25, 0.3) is 0 Å². The summed E-state index contributed by atoms with van der Waals surface area (Å²) in [5, 5.41) is 10.5. The second-order valence-electron chi connectivity index (χ2n) is 5.87. The fraction of sp³-hybridized carbons (Fsp3) is 0.368. The molecule has 0 saturated carbocycles. The fourth-order valence-electron chi connectivity index (χ4n) is 3.24. The summed E-state index contributed by atoms with van der Waals surface area (Å²) in [4.78, 5) is 2.32. The van der Waals surface area contributed by atoms with Crippen LogP contribution in [0.5, 0.6) is 5.75 Å². The van der Waals surface area contributed by atoms with E-state index < -0.39 is 6.10 Å². The molecule has 3 nitrogen and oxygen atoms in total. The molecule has 2 unspecified atom stereocenters. The predicted molar refractivity (Wildman–Crippen MR) is 87.9 cm³/mol. The monoisotopic (exact) mass is 297 g/mol. The first-order valence-electron chi connectivity index (χ1n) is 7.89. The Morgan fingerprint density at radius 1 is 1.14 bits per heavy atom. The van der Waals surface area contributed by atoms with Gasteiger partial charge in [0.1, 0.15) is 18.5 Å². The van der Waals surface area contributed by atoms with E-state index in [-0.39, 0.29) is 6.04 Å². The first-order chi connectivity index (χ1) is 10.7. The highest BCUT2D eigenvalue weighted by Gasteiger charge is 2.34. The summed E-state index contributed by atoms with van der Waals surface area (Å²) in [5.74, 6) is 0.935. The first-order valence-corrected chi connectivity index (χ1v) is 7.89. The van der Waals surface area contributed by atoms with Gasteiger partial charge >= 0.3 is 0 Å². The van der Waals surface area contributed by atoms with Crippen LogP contribution in [0.3, 0.4) is 0 Å². The number of likely N-dealkylation sites (N-methyl/N-ethyl adjacent to an activating group) is 1. The molecule has 0 saturated heterocycles. The molecule has 1 aliphatic rings. The molecule has 1 heterocycles. The number of nitrogens with zero attached hydrogens (tertiary/aromatic N) is 1. The third-order valence-electron chi connectivity index (χ3n) is 4.35. The first kappa shape index (κ1) is 15.1. The van der Waals surface area contributed by atoms with Crippen LogP contribution in [0.1, 0.15) is 29.7 Å². The van der Waals surface area contributed by atoms with E-state index in [2.05, 4.69) is 55.1 Å². The minimum absolute atomic E-state index is 0.0196. The number of hydrogen-bond donors (Lipinski definition) is 1. The molecule has 2 atom stereocenters. The fourth-order valence-corrected chi connectivity index (χ4v) is 3.24. The summed E-state index contributed by atoms with van der Waals surface area (Å²) >= 11 is 0. The van der Waals surface area contributed by atoms with Gasteiger partial charge in [-0.25, -0.2) is 0 Å². The average Bonchev–Trinajstić information content (AvgIpc) is 2.54. The number of benzene rings is 2. The lowest BCUT2D eigenvalue weighted by atomic mass is 9.94. The molecule has 0 aromatic heterocycles. The Morgan fingerprint density at radius 3 is 2.64 bits per heavy atom. The smallest absolute Gasteiger partial charge is 0.127 e. The molecule has 0 amide bonds. The maximum atomic E-state index is 10.5. The molecule has 1 aliphatic heterocycles. The van der Waals surface area contributed by atoms with Crippen molar-refractivity contribution >= 4 is 0 Å². The normalized spacial score (nSPS) is 20.5. The van der Waals surface area contributed by atoms with Gasteiger partial charge < -0.3 is 9.84 Å². The number of aliphatic hydroxyl groups excluding tert-OH is 1. The number of hydrogen-bond acceptors (Lipinski definition) is 3. The minimum atomic E-state index is -0.502. The molecule has 0 bridgehead atoms. The van der Waals surface area contributed by atoms with Gasteiger partial charge in [0.15, 0.2) is 0 Å². The van der Waals surface area contributed by atoms with E-state index in [9.17, 15) is 5.11 Å². The summed E-state index contributed by atoms with van der Waals surface area (Å²) in [6, 6.07) is 16.6. The van der Waals surface area contributed by atoms with Crippen LogP contribution in [0, 0.1) is 6.92 Å². The minimum Gasteiger partial charge on any atom is -0.490 e. The summed E-state index contributed by atoms with van der Waals surface area (Å²) < 4.78 is 5.76. The van der Waals surface area contributed by atoms with E-state index in [0.717, 1.165) is 30.0 Å². The highest BCUT2D eigenvalue weighted by atomic mass is 16.5. The molecule has 1 N–H and O–H groups in total. The van der Waals surface area contributed by atoms with Crippen molar-refractivity contribution in [2.75, 3.05) is 13.2 Å². The van der Waals surface area contributed by atoms with Crippen molar-refractivity contribution in [3.8, 4) is 5.75 Å². The number of aryl methyl sites for hydroxylation is 1. The Labute approximate surface area is 132 Å². The zero-order chi connectivity index (χ0) is 15.5. The maximum Gasteiger partial charge on any atom is 0.127 e. The van der Waals surface area contributed by atoms with Crippen LogP contribution < -0.4 is 4.74 Å². The standard InChI is InChI=1S/C19H23NO2/c1-3-20(12-15-9-5-4-6-10-15)18-16-11-7-8-14(2)19(16)22-13-17(18)21/h4-11,17-18,21H,3,12-13H2,1-2H3.